The summed E-state index contributed by atoms with van der Waals surface area (Å²) in [5.41, 5.74) is 1.97. The van der Waals surface area contributed by atoms with E-state index in [2.05, 4.69) is 9.97 Å². The van der Waals surface area contributed by atoms with E-state index >= 15 is 0 Å². The Balaban J connectivity index is 1.79. The molecule has 0 bridgehead atoms. The van der Waals surface area contributed by atoms with Crippen LogP contribution >= 0.6 is 0 Å². The maximum Gasteiger partial charge on any atom is 0.289 e. The molecule has 0 N–H and O–H groups in total. The van der Waals surface area contributed by atoms with Crippen molar-refractivity contribution in [2.45, 2.75) is 19.8 Å². The van der Waals surface area contributed by atoms with Gasteiger partial charge in [-0.2, -0.15) is 0 Å². The second-order valence-electron chi connectivity index (χ2n) is 4.81. The Labute approximate surface area is 122 Å². The molecule has 0 aliphatic carbocycles. The van der Waals surface area contributed by atoms with Crippen molar-refractivity contribution in [3.8, 4) is 5.88 Å². The second-order valence-corrected chi connectivity index (χ2v) is 4.81. The molecule has 0 aromatic carbocycles. The van der Waals surface area contributed by atoms with Crippen LogP contribution < -0.4 is 4.74 Å². The average molecular weight is 287 g/mol. The van der Waals surface area contributed by atoms with Gasteiger partial charge < -0.3 is 14.1 Å². The number of rotatable bonds is 3. The highest BCUT2D eigenvalue weighted by atomic mass is 16.5. The van der Waals surface area contributed by atoms with E-state index in [0.717, 1.165) is 11.3 Å². The van der Waals surface area contributed by atoms with Gasteiger partial charge in [-0.05, 0) is 25.5 Å². The van der Waals surface area contributed by atoms with Crippen LogP contribution in [0.2, 0.25) is 0 Å². The van der Waals surface area contributed by atoms with Crippen molar-refractivity contribution in [1.82, 2.24) is 14.9 Å². The minimum atomic E-state index is -0.0845. The Morgan fingerprint density at radius 2 is 2.24 bits per heavy atom. The van der Waals surface area contributed by atoms with E-state index in [9.17, 15) is 4.79 Å². The first-order chi connectivity index (χ1) is 10.3. The van der Waals surface area contributed by atoms with Crippen LogP contribution in [0.15, 0.2) is 29.1 Å². The number of amides is 1. The maximum absolute atomic E-state index is 12.3. The number of aromatic nitrogens is 2. The van der Waals surface area contributed by atoms with Crippen molar-refractivity contribution >= 4 is 5.91 Å². The van der Waals surface area contributed by atoms with Crippen molar-refractivity contribution in [2.24, 2.45) is 0 Å². The van der Waals surface area contributed by atoms with Crippen molar-refractivity contribution in [3.63, 3.8) is 0 Å². The highest BCUT2D eigenvalue weighted by Crippen LogP contribution is 2.22. The summed E-state index contributed by atoms with van der Waals surface area (Å²) in [6.07, 6.45) is 4.43. The lowest BCUT2D eigenvalue weighted by Crippen LogP contribution is -2.33. The summed E-state index contributed by atoms with van der Waals surface area (Å²) in [6, 6.07) is 3.41. The predicted octanol–water partition coefficient (Wildman–Crippen LogP) is 1.71. The SMILES string of the molecule is CCOc1ncnc2c1CCN(C(=O)c1ccco1)CC2. The number of fused-ring (bicyclic) bond motifs is 1. The van der Waals surface area contributed by atoms with Gasteiger partial charge in [0.05, 0.1) is 18.6 Å². The van der Waals surface area contributed by atoms with Gasteiger partial charge in [0.1, 0.15) is 6.33 Å². The first-order valence-electron chi connectivity index (χ1n) is 7.08. The van der Waals surface area contributed by atoms with Gasteiger partial charge in [-0.15, -0.1) is 0 Å². The lowest BCUT2D eigenvalue weighted by Gasteiger charge is -2.18. The Morgan fingerprint density at radius 3 is 3.00 bits per heavy atom. The van der Waals surface area contributed by atoms with E-state index in [-0.39, 0.29) is 5.91 Å². The third-order valence-corrected chi connectivity index (χ3v) is 3.55. The summed E-state index contributed by atoms with van der Waals surface area (Å²) >= 11 is 0. The fourth-order valence-corrected chi connectivity index (χ4v) is 2.52. The summed E-state index contributed by atoms with van der Waals surface area (Å²) in [5, 5.41) is 0. The van der Waals surface area contributed by atoms with Crippen LogP contribution in [-0.2, 0) is 12.8 Å². The third-order valence-electron chi connectivity index (χ3n) is 3.55. The van der Waals surface area contributed by atoms with Gasteiger partial charge in [-0.25, -0.2) is 9.97 Å². The number of nitrogens with zero attached hydrogens (tertiary/aromatic N) is 3. The van der Waals surface area contributed by atoms with Crippen LogP contribution in [0.25, 0.3) is 0 Å². The molecule has 2 aromatic rings. The van der Waals surface area contributed by atoms with Crippen molar-refractivity contribution in [3.05, 3.63) is 41.7 Å². The average Bonchev–Trinajstić information content (AvgIpc) is 2.94. The number of carbonyl (C=O) groups is 1. The monoisotopic (exact) mass is 287 g/mol. The van der Waals surface area contributed by atoms with Gasteiger partial charge in [-0.3, -0.25) is 4.79 Å². The molecule has 1 amide bonds. The van der Waals surface area contributed by atoms with Crippen LogP contribution in [0.3, 0.4) is 0 Å². The number of hydrogen-bond acceptors (Lipinski definition) is 5. The van der Waals surface area contributed by atoms with Crippen LogP contribution in [0, 0.1) is 0 Å². The maximum atomic E-state index is 12.3. The fourth-order valence-electron chi connectivity index (χ4n) is 2.52. The standard InChI is InChI=1S/C15H17N3O3/c1-2-20-14-11-5-7-18(8-6-12(11)16-10-17-14)15(19)13-4-3-9-21-13/h3-4,9-10H,2,5-8H2,1H3. The fraction of sp³-hybridized carbons (Fsp3) is 0.400. The summed E-state index contributed by atoms with van der Waals surface area (Å²) in [7, 11) is 0. The Bertz CT molecular complexity index is 625. The Morgan fingerprint density at radius 1 is 1.38 bits per heavy atom. The largest absolute Gasteiger partial charge is 0.478 e. The minimum Gasteiger partial charge on any atom is -0.478 e. The molecule has 0 fully saturated rings. The topological polar surface area (TPSA) is 68.5 Å². The van der Waals surface area contributed by atoms with Crippen LogP contribution in [0.1, 0.15) is 28.7 Å². The summed E-state index contributed by atoms with van der Waals surface area (Å²) in [5.74, 6) is 0.922. The van der Waals surface area contributed by atoms with Crippen molar-refractivity contribution < 1.29 is 13.9 Å². The van der Waals surface area contributed by atoms with E-state index in [1.807, 2.05) is 6.92 Å². The van der Waals surface area contributed by atoms with Crippen LogP contribution in [0.5, 0.6) is 5.88 Å². The van der Waals surface area contributed by atoms with Crippen molar-refractivity contribution in [2.75, 3.05) is 19.7 Å². The number of hydrogen-bond donors (Lipinski definition) is 0. The number of furan rings is 1. The zero-order valence-corrected chi connectivity index (χ0v) is 11.9. The Kier molecular flexibility index (Phi) is 3.85. The summed E-state index contributed by atoms with van der Waals surface area (Å²) in [4.78, 5) is 22.6. The van der Waals surface area contributed by atoms with Gasteiger partial charge >= 0.3 is 0 Å². The summed E-state index contributed by atoms with van der Waals surface area (Å²) in [6.45, 7) is 3.73. The predicted molar refractivity (Wildman–Crippen MR) is 75.2 cm³/mol. The van der Waals surface area contributed by atoms with Gasteiger partial charge in [0.15, 0.2) is 5.76 Å². The van der Waals surface area contributed by atoms with E-state index < -0.39 is 0 Å². The molecule has 3 heterocycles. The first kappa shape index (κ1) is 13.6. The molecule has 2 aromatic heterocycles. The van der Waals surface area contributed by atoms with E-state index in [1.165, 1.54) is 12.6 Å². The molecule has 0 unspecified atom stereocenters. The molecule has 1 aliphatic rings. The van der Waals surface area contributed by atoms with Gasteiger partial charge in [0.2, 0.25) is 5.88 Å². The molecular weight excluding hydrogens is 270 g/mol. The van der Waals surface area contributed by atoms with Gasteiger partial charge in [0.25, 0.3) is 5.91 Å². The minimum absolute atomic E-state index is 0.0845. The highest BCUT2D eigenvalue weighted by molar-refractivity contribution is 5.91. The molecule has 6 nitrogen and oxygen atoms in total. The molecule has 0 saturated heterocycles. The molecule has 6 heteroatoms. The van der Waals surface area contributed by atoms with Gasteiger partial charge in [0, 0.05) is 25.1 Å². The number of carbonyl (C=O) groups excluding carboxylic acids is 1. The zero-order valence-electron chi connectivity index (χ0n) is 11.9. The first-order valence-corrected chi connectivity index (χ1v) is 7.08. The molecule has 1 aliphatic heterocycles. The lowest BCUT2D eigenvalue weighted by atomic mass is 10.1. The highest BCUT2D eigenvalue weighted by Gasteiger charge is 2.24. The molecular formula is C15H17N3O3. The lowest BCUT2D eigenvalue weighted by molar-refractivity contribution is 0.0730. The van der Waals surface area contributed by atoms with Crippen LogP contribution in [0.4, 0.5) is 0 Å². The van der Waals surface area contributed by atoms with E-state index in [1.54, 1.807) is 17.0 Å². The molecule has 21 heavy (non-hydrogen) atoms. The molecule has 110 valence electrons. The zero-order chi connectivity index (χ0) is 14.7. The molecule has 0 atom stereocenters. The molecule has 0 saturated carbocycles. The van der Waals surface area contributed by atoms with Crippen LogP contribution in [-0.4, -0.2) is 40.5 Å². The van der Waals surface area contributed by atoms with E-state index in [0.29, 0.717) is 44.2 Å². The molecule has 0 spiro atoms. The Hall–Kier alpha value is -2.37. The quantitative estimate of drug-likeness (QED) is 0.859. The smallest absolute Gasteiger partial charge is 0.289 e. The van der Waals surface area contributed by atoms with E-state index in [4.69, 9.17) is 9.15 Å². The third kappa shape index (κ3) is 2.74. The number of ether oxygens (including phenoxy) is 1. The van der Waals surface area contributed by atoms with Crippen molar-refractivity contribution in [1.29, 1.82) is 0 Å². The normalized spacial score (nSPS) is 14.4. The van der Waals surface area contributed by atoms with Gasteiger partial charge in [-0.1, -0.05) is 0 Å². The molecule has 3 rings (SSSR count). The molecule has 0 radical (unpaired) electrons. The second kappa shape index (κ2) is 5.95. The summed E-state index contributed by atoms with van der Waals surface area (Å²) < 4.78 is 10.7.